The van der Waals surface area contributed by atoms with Gasteiger partial charge in [-0.1, -0.05) is 12.8 Å². The molecule has 0 heterocycles. The first kappa shape index (κ1) is 15.1. The second kappa shape index (κ2) is 6.41. The van der Waals surface area contributed by atoms with Crippen molar-refractivity contribution >= 4 is 23.2 Å². The molecule has 0 aromatic heterocycles. The Kier molecular flexibility index (Phi) is 5.08. The topological polar surface area (TPSA) is 0 Å². The highest BCUT2D eigenvalue weighted by Crippen LogP contribution is 2.44. The average Bonchev–Trinajstić information content (AvgIpc) is 2.89. The van der Waals surface area contributed by atoms with Gasteiger partial charge >= 0.3 is 0 Å². The summed E-state index contributed by atoms with van der Waals surface area (Å²) in [6, 6.07) is 3.65. The van der Waals surface area contributed by atoms with E-state index >= 15 is 0 Å². The fraction of sp³-hybridized carbons (Fsp3) is 0.600. The largest absolute Gasteiger partial charge is 0.207 e. The van der Waals surface area contributed by atoms with Gasteiger partial charge in [0.15, 0.2) is 0 Å². The van der Waals surface area contributed by atoms with Crippen LogP contribution in [0.2, 0.25) is 0 Å². The first-order chi connectivity index (χ1) is 9.09. The Morgan fingerprint density at radius 2 is 1.53 bits per heavy atom. The van der Waals surface area contributed by atoms with Crippen LogP contribution >= 0.6 is 23.2 Å². The van der Waals surface area contributed by atoms with E-state index in [1.807, 2.05) is 0 Å². The normalized spacial score (nSPS) is 17.1. The molecule has 0 atom stereocenters. The molecule has 4 heteroatoms. The van der Waals surface area contributed by atoms with Gasteiger partial charge in [-0.05, 0) is 42.9 Å². The van der Waals surface area contributed by atoms with Gasteiger partial charge < -0.3 is 0 Å². The molecule has 2 rings (SSSR count). The van der Waals surface area contributed by atoms with Crippen LogP contribution in [0.3, 0.4) is 0 Å². The zero-order valence-electron chi connectivity index (χ0n) is 10.8. The van der Waals surface area contributed by atoms with Gasteiger partial charge in [-0.15, -0.1) is 23.2 Å². The summed E-state index contributed by atoms with van der Waals surface area (Å²) in [5, 5.41) is 0. The molecule has 1 aromatic carbocycles. The summed E-state index contributed by atoms with van der Waals surface area (Å²) in [5.41, 5.74) is 0.394. The standard InChI is InChI=1S/C15H18Cl2F2/c16-9-15(10-17,12-3-1-2-4-12)8-11-5-13(18)7-14(19)6-11/h5-7,12H,1-4,8-10H2. The van der Waals surface area contributed by atoms with Crippen molar-refractivity contribution < 1.29 is 8.78 Å². The van der Waals surface area contributed by atoms with Crippen molar-refractivity contribution in [3.63, 3.8) is 0 Å². The minimum atomic E-state index is -0.542. The van der Waals surface area contributed by atoms with Crippen LogP contribution < -0.4 is 0 Å². The van der Waals surface area contributed by atoms with E-state index < -0.39 is 11.6 Å². The molecule has 106 valence electrons. The number of hydrogen-bond acceptors (Lipinski definition) is 0. The van der Waals surface area contributed by atoms with Crippen LogP contribution in [0.4, 0.5) is 8.78 Å². The van der Waals surface area contributed by atoms with Gasteiger partial charge in [0, 0.05) is 23.2 Å². The van der Waals surface area contributed by atoms with Gasteiger partial charge in [0.1, 0.15) is 11.6 Å². The van der Waals surface area contributed by atoms with Gasteiger partial charge in [0.2, 0.25) is 0 Å². The number of alkyl halides is 2. The lowest BCUT2D eigenvalue weighted by atomic mass is 9.73. The Bertz CT molecular complexity index is 404. The zero-order chi connectivity index (χ0) is 13.9. The molecule has 1 aliphatic rings. The average molecular weight is 307 g/mol. The van der Waals surface area contributed by atoms with Crippen molar-refractivity contribution in [2.45, 2.75) is 32.1 Å². The van der Waals surface area contributed by atoms with E-state index in [1.165, 1.54) is 25.0 Å². The first-order valence-corrected chi connectivity index (χ1v) is 7.73. The van der Waals surface area contributed by atoms with Gasteiger partial charge in [0.25, 0.3) is 0 Å². The third kappa shape index (κ3) is 3.41. The fourth-order valence-corrected chi connectivity index (χ4v) is 4.06. The van der Waals surface area contributed by atoms with E-state index in [2.05, 4.69) is 0 Å². The highest BCUT2D eigenvalue weighted by molar-refractivity contribution is 6.21. The van der Waals surface area contributed by atoms with Crippen LogP contribution in [0.25, 0.3) is 0 Å². The Morgan fingerprint density at radius 1 is 1.00 bits per heavy atom. The summed E-state index contributed by atoms with van der Waals surface area (Å²) in [6.07, 6.45) is 5.14. The van der Waals surface area contributed by atoms with Gasteiger partial charge in [-0.2, -0.15) is 0 Å². The van der Waals surface area contributed by atoms with Gasteiger partial charge in [-0.3, -0.25) is 0 Å². The summed E-state index contributed by atoms with van der Waals surface area (Å²) < 4.78 is 26.6. The fourth-order valence-electron chi connectivity index (χ4n) is 3.15. The molecule has 0 saturated heterocycles. The highest BCUT2D eigenvalue weighted by atomic mass is 35.5. The van der Waals surface area contributed by atoms with E-state index in [1.54, 1.807) is 0 Å². The Labute approximate surface area is 123 Å². The summed E-state index contributed by atoms with van der Waals surface area (Å²) in [5.74, 6) is 0.228. The zero-order valence-corrected chi connectivity index (χ0v) is 12.3. The summed E-state index contributed by atoms with van der Waals surface area (Å²) in [6.45, 7) is 0. The summed E-state index contributed by atoms with van der Waals surface area (Å²) in [7, 11) is 0. The second-order valence-corrected chi connectivity index (χ2v) is 6.10. The van der Waals surface area contributed by atoms with Crippen molar-refractivity contribution in [1.29, 1.82) is 0 Å². The maximum atomic E-state index is 13.3. The van der Waals surface area contributed by atoms with E-state index in [0.717, 1.165) is 18.9 Å². The minimum absolute atomic E-state index is 0.250. The second-order valence-electron chi connectivity index (χ2n) is 5.57. The van der Waals surface area contributed by atoms with Crippen LogP contribution in [0.15, 0.2) is 18.2 Å². The molecule has 0 aliphatic heterocycles. The van der Waals surface area contributed by atoms with Crippen molar-refractivity contribution in [3.05, 3.63) is 35.4 Å². The quantitative estimate of drug-likeness (QED) is 0.659. The maximum Gasteiger partial charge on any atom is 0.126 e. The Morgan fingerprint density at radius 3 is 2.00 bits per heavy atom. The molecule has 1 aromatic rings. The van der Waals surface area contributed by atoms with Crippen molar-refractivity contribution in [3.8, 4) is 0 Å². The van der Waals surface area contributed by atoms with Gasteiger partial charge in [0.05, 0.1) is 0 Å². The van der Waals surface area contributed by atoms with Crippen LogP contribution in [0.1, 0.15) is 31.2 Å². The number of hydrogen-bond donors (Lipinski definition) is 0. The molecule has 1 aliphatic carbocycles. The molecule has 1 saturated carbocycles. The summed E-state index contributed by atoms with van der Waals surface area (Å²) in [4.78, 5) is 0. The number of rotatable bonds is 5. The van der Waals surface area contributed by atoms with Crippen LogP contribution in [-0.2, 0) is 6.42 Å². The molecule has 0 amide bonds. The minimum Gasteiger partial charge on any atom is -0.207 e. The molecule has 0 radical (unpaired) electrons. The predicted molar refractivity (Wildman–Crippen MR) is 75.9 cm³/mol. The lowest BCUT2D eigenvalue weighted by Gasteiger charge is -2.36. The predicted octanol–water partition coefficient (Wildman–Crippen LogP) is 5.16. The lowest BCUT2D eigenvalue weighted by molar-refractivity contribution is 0.224. The molecular weight excluding hydrogens is 289 g/mol. The van der Waals surface area contributed by atoms with E-state index in [0.29, 0.717) is 29.7 Å². The number of benzene rings is 1. The van der Waals surface area contributed by atoms with Crippen molar-refractivity contribution in [2.24, 2.45) is 11.3 Å². The lowest BCUT2D eigenvalue weighted by Crippen LogP contribution is -2.35. The molecular formula is C15H18Cl2F2. The van der Waals surface area contributed by atoms with E-state index in [9.17, 15) is 8.78 Å². The molecule has 0 spiro atoms. The molecule has 0 unspecified atom stereocenters. The third-order valence-electron chi connectivity index (χ3n) is 4.23. The number of halogens is 4. The third-order valence-corrected chi connectivity index (χ3v) is 5.30. The van der Waals surface area contributed by atoms with Crippen LogP contribution in [-0.4, -0.2) is 11.8 Å². The van der Waals surface area contributed by atoms with Gasteiger partial charge in [-0.25, -0.2) is 8.78 Å². The molecule has 19 heavy (non-hydrogen) atoms. The van der Waals surface area contributed by atoms with E-state index in [-0.39, 0.29) is 5.41 Å². The highest BCUT2D eigenvalue weighted by Gasteiger charge is 2.39. The molecule has 0 N–H and O–H groups in total. The Balaban J connectivity index is 2.24. The Hall–Kier alpha value is -0.340. The first-order valence-electron chi connectivity index (χ1n) is 6.66. The van der Waals surface area contributed by atoms with Crippen molar-refractivity contribution in [2.75, 3.05) is 11.8 Å². The van der Waals surface area contributed by atoms with Crippen LogP contribution in [0.5, 0.6) is 0 Å². The van der Waals surface area contributed by atoms with Crippen LogP contribution in [0, 0.1) is 23.0 Å². The van der Waals surface area contributed by atoms with E-state index in [4.69, 9.17) is 23.2 Å². The SMILES string of the molecule is Fc1cc(F)cc(CC(CCl)(CCl)C2CCCC2)c1. The molecule has 1 fully saturated rings. The summed E-state index contributed by atoms with van der Waals surface area (Å²) >= 11 is 12.3. The molecule has 0 nitrogen and oxygen atoms in total. The smallest absolute Gasteiger partial charge is 0.126 e. The molecule has 0 bridgehead atoms. The van der Waals surface area contributed by atoms with Crippen molar-refractivity contribution in [1.82, 2.24) is 0 Å². The monoisotopic (exact) mass is 306 g/mol. The maximum absolute atomic E-state index is 13.3.